The monoisotopic (exact) mass is 320 g/mol. The first-order valence-electron chi connectivity index (χ1n) is 6.68. The van der Waals surface area contributed by atoms with Crippen LogP contribution in [0.1, 0.15) is 33.6 Å². The Morgan fingerprint density at radius 2 is 1.94 bits per heavy atom. The molecule has 0 unspecified atom stereocenters. The molecule has 0 saturated carbocycles. The molecule has 0 aliphatic carbocycles. The molecule has 18 heavy (non-hydrogen) atoms. The quantitative estimate of drug-likeness (QED) is 0.749. The van der Waals surface area contributed by atoms with Crippen LogP contribution < -0.4 is 0 Å². The van der Waals surface area contributed by atoms with Gasteiger partial charge in [0.05, 0.1) is 0 Å². The van der Waals surface area contributed by atoms with Gasteiger partial charge in [-0.2, -0.15) is 0 Å². The first-order chi connectivity index (χ1) is 8.42. The smallest absolute Gasteiger partial charge is 0.410 e. The van der Waals surface area contributed by atoms with E-state index in [0.717, 1.165) is 50.9 Å². The van der Waals surface area contributed by atoms with Gasteiger partial charge in [-0.25, -0.2) is 4.79 Å². The topological polar surface area (TPSA) is 32.8 Å². The number of hydrogen-bond donors (Lipinski definition) is 0. The molecule has 4 nitrogen and oxygen atoms in total. The molecule has 1 amide bonds. The van der Waals surface area contributed by atoms with Crippen molar-refractivity contribution in [3.05, 3.63) is 0 Å². The fourth-order valence-corrected chi connectivity index (χ4v) is 2.24. The zero-order chi connectivity index (χ0) is 13.6. The Bertz CT molecular complexity index is 266. The van der Waals surface area contributed by atoms with Crippen molar-refractivity contribution in [1.29, 1.82) is 0 Å². The van der Waals surface area contributed by atoms with Crippen LogP contribution in [0.3, 0.4) is 0 Å². The number of amides is 1. The van der Waals surface area contributed by atoms with Crippen molar-refractivity contribution in [3.8, 4) is 0 Å². The second-order valence-electron chi connectivity index (χ2n) is 5.71. The van der Waals surface area contributed by atoms with Gasteiger partial charge in [0.2, 0.25) is 0 Å². The van der Waals surface area contributed by atoms with E-state index in [1.807, 2.05) is 25.7 Å². The van der Waals surface area contributed by atoms with Gasteiger partial charge in [-0.1, -0.05) is 15.9 Å². The Kier molecular flexibility index (Phi) is 6.43. The normalized spacial score (nSPS) is 18.6. The molecular formula is C13H25BrN2O2. The number of alkyl halides is 1. The minimum absolute atomic E-state index is 0.176. The lowest BCUT2D eigenvalue weighted by molar-refractivity contribution is 0.0258. The number of halogens is 1. The third kappa shape index (κ3) is 6.05. The molecule has 0 aromatic carbocycles. The summed E-state index contributed by atoms with van der Waals surface area (Å²) in [6, 6.07) is 0. The predicted molar refractivity (Wildman–Crippen MR) is 77.3 cm³/mol. The molecule has 1 fully saturated rings. The van der Waals surface area contributed by atoms with E-state index in [1.54, 1.807) is 0 Å². The molecule has 1 rings (SSSR count). The van der Waals surface area contributed by atoms with E-state index in [0.29, 0.717) is 0 Å². The van der Waals surface area contributed by atoms with Gasteiger partial charge < -0.3 is 14.5 Å². The summed E-state index contributed by atoms with van der Waals surface area (Å²) in [5, 5.41) is 1.04. The number of ether oxygens (including phenoxy) is 1. The molecule has 0 aromatic rings. The fraction of sp³-hybridized carbons (Fsp3) is 0.923. The zero-order valence-corrected chi connectivity index (χ0v) is 13.3. The number of hydrogen-bond acceptors (Lipinski definition) is 3. The van der Waals surface area contributed by atoms with E-state index in [4.69, 9.17) is 4.74 Å². The summed E-state index contributed by atoms with van der Waals surface area (Å²) in [5.41, 5.74) is -0.404. The van der Waals surface area contributed by atoms with Crippen LogP contribution in [0, 0.1) is 0 Å². The number of carbonyl (C=O) groups is 1. The van der Waals surface area contributed by atoms with E-state index >= 15 is 0 Å². The first kappa shape index (κ1) is 15.8. The highest BCUT2D eigenvalue weighted by atomic mass is 79.9. The van der Waals surface area contributed by atoms with Crippen molar-refractivity contribution < 1.29 is 9.53 Å². The van der Waals surface area contributed by atoms with Gasteiger partial charge in [-0.15, -0.1) is 0 Å². The summed E-state index contributed by atoms with van der Waals surface area (Å²) in [4.78, 5) is 16.2. The van der Waals surface area contributed by atoms with Crippen molar-refractivity contribution in [2.24, 2.45) is 0 Å². The first-order valence-corrected chi connectivity index (χ1v) is 7.81. The van der Waals surface area contributed by atoms with Crippen LogP contribution in [0.25, 0.3) is 0 Å². The number of nitrogens with zero attached hydrogens (tertiary/aromatic N) is 2. The second kappa shape index (κ2) is 7.34. The molecular weight excluding hydrogens is 296 g/mol. The molecule has 0 aromatic heterocycles. The highest BCUT2D eigenvalue weighted by molar-refractivity contribution is 9.09. The van der Waals surface area contributed by atoms with E-state index < -0.39 is 5.60 Å². The Balaban J connectivity index is 2.39. The molecule has 1 heterocycles. The van der Waals surface area contributed by atoms with Crippen molar-refractivity contribution in [3.63, 3.8) is 0 Å². The van der Waals surface area contributed by atoms with Crippen molar-refractivity contribution in [2.75, 3.05) is 38.1 Å². The Morgan fingerprint density at radius 1 is 1.22 bits per heavy atom. The van der Waals surface area contributed by atoms with Gasteiger partial charge in [-0.3, -0.25) is 0 Å². The largest absolute Gasteiger partial charge is 0.444 e. The van der Waals surface area contributed by atoms with Crippen LogP contribution in [-0.2, 0) is 4.74 Å². The molecule has 0 bridgehead atoms. The summed E-state index contributed by atoms with van der Waals surface area (Å²) in [6.45, 7) is 10.4. The fourth-order valence-electron chi connectivity index (χ4n) is 1.99. The van der Waals surface area contributed by atoms with Gasteiger partial charge in [0.1, 0.15) is 5.60 Å². The van der Waals surface area contributed by atoms with Crippen LogP contribution in [0.2, 0.25) is 0 Å². The zero-order valence-electron chi connectivity index (χ0n) is 11.7. The Morgan fingerprint density at radius 3 is 2.56 bits per heavy atom. The second-order valence-corrected chi connectivity index (χ2v) is 6.50. The maximum atomic E-state index is 12.0. The molecule has 0 spiro atoms. The molecule has 1 saturated heterocycles. The van der Waals surface area contributed by atoms with E-state index in [1.165, 1.54) is 0 Å². The molecule has 1 aliphatic rings. The van der Waals surface area contributed by atoms with E-state index in [2.05, 4.69) is 20.8 Å². The molecule has 0 atom stereocenters. The van der Waals surface area contributed by atoms with Crippen molar-refractivity contribution >= 4 is 22.0 Å². The molecule has 0 N–H and O–H groups in total. The van der Waals surface area contributed by atoms with Gasteiger partial charge in [-0.05, 0) is 46.7 Å². The lowest BCUT2D eigenvalue weighted by Gasteiger charge is -2.26. The lowest BCUT2D eigenvalue weighted by Crippen LogP contribution is -2.39. The highest BCUT2D eigenvalue weighted by Crippen LogP contribution is 2.12. The van der Waals surface area contributed by atoms with Gasteiger partial charge in [0.15, 0.2) is 0 Å². The maximum absolute atomic E-state index is 12.0. The Hall–Kier alpha value is -0.290. The minimum atomic E-state index is -0.404. The Labute approximate surface area is 119 Å². The number of carbonyl (C=O) groups excluding carboxylic acids is 1. The van der Waals surface area contributed by atoms with Crippen LogP contribution in [0.4, 0.5) is 4.79 Å². The maximum Gasteiger partial charge on any atom is 0.410 e. The van der Waals surface area contributed by atoms with Crippen LogP contribution >= 0.6 is 15.9 Å². The summed E-state index contributed by atoms with van der Waals surface area (Å²) >= 11 is 3.45. The van der Waals surface area contributed by atoms with Crippen LogP contribution in [0.5, 0.6) is 0 Å². The van der Waals surface area contributed by atoms with Gasteiger partial charge in [0.25, 0.3) is 0 Å². The summed E-state index contributed by atoms with van der Waals surface area (Å²) in [7, 11) is 0. The average Bonchev–Trinajstić information content (AvgIpc) is 2.49. The number of rotatable bonds is 3. The molecule has 106 valence electrons. The average molecular weight is 321 g/mol. The molecule has 5 heteroatoms. The third-order valence-corrected chi connectivity index (χ3v) is 3.41. The summed E-state index contributed by atoms with van der Waals surface area (Å²) in [6.07, 6.45) is 2.01. The molecule has 1 aliphatic heterocycles. The van der Waals surface area contributed by atoms with E-state index in [-0.39, 0.29) is 6.09 Å². The van der Waals surface area contributed by atoms with Crippen molar-refractivity contribution in [2.45, 2.75) is 39.2 Å². The van der Waals surface area contributed by atoms with Gasteiger partial charge >= 0.3 is 6.09 Å². The van der Waals surface area contributed by atoms with E-state index in [9.17, 15) is 4.79 Å². The van der Waals surface area contributed by atoms with Crippen molar-refractivity contribution in [1.82, 2.24) is 9.80 Å². The third-order valence-electron chi connectivity index (χ3n) is 2.85. The predicted octanol–water partition coefficient (Wildman–Crippen LogP) is 2.71. The summed E-state index contributed by atoms with van der Waals surface area (Å²) in [5.74, 6) is 0. The van der Waals surface area contributed by atoms with Crippen LogP contribution in [0.15, 0.2) is 0 Å². The SMILES string of the molecule is CC(C)(C)OC(=O)N1CCCN(CCCBr)CC1. The lowest BCUT2D eigenvalue weighted by atomic mass is 10.2. The highest BCUT2D eigenvalue weighted by Gasteiger charge is 2.24. The van der Waals surface area contributed by atoms with Gasteiger partial charge in [0, 0.05) is 25.0 Å². The standard InChI is InChI=1S/C13H25BrN2O2/c1-13(2,3)18-12(17)16-9-5-8-15(10-11-16)7-4-6-14/h4-11H2,1-3H3. The summed E-state index contributed by atoms with van der Waals surface area (Å²) < 4.78 is 5.41. The van der Waals surface area contributed by atoms with Crippen LogP contribution in [-0.4, -0.2) is 59.5 Å². The minimum Gasteiger partial charge on any atom is -0.444 e. The molecule has 0 radical (unpaired) electrons.